The van der Waals surface area contributed by atoms with Gasteiger partial charge in [0.25, 0.3) is 0 Å². The Balaban J connectivity index is 2.96. The number of aromatic carboxylic acids is 1. The predicted octanol–water partition coefficient (Wildman–Crippen LogP) is 2.70. The molecule has 0 saturated carbocycles. The molecule has 1 atom stereocenters. The second-order valence-electron chi connectivity index (χ2n) is 3.43. The maximum atomic E-state index is 13.7. The van der Waals surface area contributed by atoms with Crippen LogP contribution in [0, 0.1) is 5.82 Å². The Morgan fingerprint density at radius 1 is 1.59 bits per heavy atom. The Hall–Kier alpha value is -1.14. The van der Waals surface area contributed by atoms with Crippen LogP contribution in [0.4, 0.5) is 4.39 Å². The van der Waals surface area contributed by atoms with Crippen LogP contribution in [0.1, 0.15) is 17.3 Å². The number of rotatable bonds is 5. The number of halogens is 2. The van der Waals surface area contributed by atoms with Crippen molar-refractivity contribution in [3.05, 3.63) is 28.0 Å². The molecular weight excluding hydrogens is 295 g/mol. The molecule has 0 bridgehead atoms. The summed E-state index contributed by atoms with van der Waals surface area (Å²) in [6, 6.07) is 2.57. The van der Waals surface area contributed by atoms with Gasteiger partial charge in [-0.05, 0) is 35.0 Å². The first-order valence-electron chi connectivity index (χ1n) is 4.84. The largest absolute Gasteiger partial charge is 0.485 e. The molecule has 0 aliphatic heterocycles. The zero-order valence-corrected chi connectivity index (χ0v) is 11.0. The highest BCUT2D eigenvalue weighted by atomic mass is 79.9. The van der Waals surface area contributed by atoms with Crippen LogP contribution in [-0.2, 0) is 4.74 Å². The van der Waals surface area contributed by atoms with E-state index in [9.17, 15) is 9.18 Å². The summed E-state index contributed by atoms with van der Waals surface area (Å²) in [5.41, 5.74) is -0.144. The van der Waals surface area contributed by atoms with Crippen molar-refractivity contribution in [2.45, 2.75) is 13.0 Å². The van der Waals surface area contributed by atoms with Gasteiger partial charge in [0.1, 0.15) is 6.10 Å². The van der Waals surface area contributed by atoms with E-state index in [1.54, 1.807) is 6.92 Å². The molecule has 0 spiro atoms. The monoisotopic (exact) mass is 306 g/mol. The summed E-state index contributed by atoms with van der Waals surface area (Å²) in [7, 11) is 1.51. The van der Waals surface area contributed by atoms with Crippen LogP contribution in [0.5, 0.6) is 5.75 Å². The van der Waals surface area contributed by atoms with Crippen molar-refractivity contribution in [2.24, 2.45) is 0 Å². The fourth-order valence-electron chi connectivity index (χ4n) is 1.27. The smallest absolute Gasteiger partial charge is 0.336 e. The lowest BCUT2D eigenvalue weighted by Crippen LogP contribution is -2.18. The minimum Gasteiger partial charge on any atom is -0.485 e. The van der Waals surface area contributed by atoms with Gasteiger partial charge in [0.2, 0.25) is 0 Å². The van der Waals surface area contributed by atoms with E-state index in [4.69, 9.17) is 14.6 Å². The summed E-state index contributed by atoms with van der Waals surface area (Å²) in [6.07, 6.45) is -0.322. The molecular formula is C11H12BrFO4. The van der Waals surface area contributed by atoms with Gasteiger partial charge < -0.3 is 14.6 Å². The number of carbonyl (C=O) groups is 1. The Morgan fingerprint density at radius 3 is 2.76 bits per heavy atom. The molecule has 0 saturated heterocycles. The molecule has 1 unspecified atom stereocenters. The van der Waals surface area contributed by atoms with E-state index in [2.05, 4.69) is 15.9 Å². The molecule has 94 valence electrons. The molecule has 1 rings (SSSR count). The summed E-state index contributed by atoms with van der Waals surface area (Å²) >= 11 is 2.89. The van der Waals surface area contributed by atoms with Crippen molar-refractivity contribution in [1.82, 2.24) is 0 Å². The quantitative estimate of drug-likeness (QED) is 0.909. The topological polar surface area (TPSA) is 55.8 Å². The maximum Gasteiger partial charge on any atom is 0.336 e. The fourth-order valence-corrected chi connectivity index (χ4v) is 1.77. The molecule has 0 radical (unpaired) electrons. The van der Waals surface area contributed by atoms with Crippen LogP contribution in [0.2, 0.25) is 0 Å². The molecule has 0 amide bonds. The van der Waals surface area contributed by atoms with Crippen LogP contribution >= 0.6 is 15.9 Å². The van der Waals surface area contributed by atoms with Crippen molar-refractivity contribution in [1.29, 1.82) is 0 Å². The van der Waals surface area contributed by atoms with Crippen molar-refractivity contribution in [3.63, 3.8) is 0 Å². The van der Waals surface area contributed by atoms with Gasteiger partial charge in [0.15, 0.2) is 11.6 Å². The summed E-state index contributed by atoms with van der Waals surface area (Å²) in [6.45, 7) is 2.04. The number of ether oxygens (including phenoxy) is 2. The second kappa shape index (κ2) is 5.97. The normalized spacial score (nSPS) is 12.2. The lowest BCUT2D eigenvalue weighted by atomic mass is 10.2. The van der Waals surface area contributed by atoms with Crippen molar-refractivity contribution >= 4 is 21.9 Å². The van der Waals surface area contributed by atoms with Crippen LogP contribution in [-0.4, -0.2) is 30.9 Å². The van der Waals surface area contributed by atoms with Gasteiger partial charge in [-0.3, -0.25) is 0 Å². The van der Waals surface area contributed by atoms with Gasteiger partial charge in [0.05, 0.1) is 16.6 Å². The first kappa shape index (κ1) is 13.9. The van der Waals surface area contributed by atoms with Crippen molar-refractivity contribution in [3.8, 4) is 5.75 Å². The SMILES string of the molecule is COCC(C)Oc1ccc(C(=O)O)c(Br)c1F. The van der Waals surface area contributed by atoms with Gasteiger partial charge in [-0.2, -0.15) is 0 Å². The number of benzene rings is 1. The van der Waals surface area contributed by atoms with Crippen molar-refractivity contribution < 1.29 is 23.8 Å². The number of hydrogen-bond donors (Lipinski definition) is 1. The summed E-state index contributed by atoms with van der Waals surface area (Å²) in [5, 5.41) is 8.79. The Labute approximate surface area is 106 Å². The highest BCUT2D eigenvalue weighted by Gasteiger charge is 2.17. The molecule has 1 N–H and O–H groups in total. The predicted molar refractivity (Wildman–Crippen MR) is 63.0 cm³/mol. The van der Waals surface area contributed by atoms with Crippen molar-refractivity contribution in [2.75, 3.05) is 13.7 Å². The number of carboxylic acid groups (broad SMARTS) is 1. The van der Waals surface area contributed by atoms with Crippen LogP contribution in [0.3, 0.4) is 0 Å². The second-order valence-corrected chi connectivity index (χ2v) is 4.22. The van der Waals surface area contributed by atoms with Gasteiger partial charge in [-0.15, -0.1) is 0 Å². The molecule has 0 aromatic heterocycles. The Bertz CT molecular complexity index is 422. The zero-order valence-electron chi connectivity index (χ0n) is 9.37. The van der Waals surface area contributed by atoms with Gasteiger partial charge in [-0.25, -0.2) is 9.18 Å². The third kappa shape index (κ3) is 3.41. The Kier molecular flexibility index (Phi) is 4.89. The molecule has 0 heterocycles. The van der Waals surface area contributed by atoms with Crippen LogP contribution < -0.4 is 4.74 Å². The number of hydrogen-bond acceptors (Lipinski definition) is 3. The van der Waals surface area contributed by atoms with E-state index in [1.165, 1.54) is 19.2 Å². The molecule has 1 aromatic carbocycles. The molecule has 0 aliphatic carbocycles. The van der Waals surface area contributed by atoms with E-state index in [0.717, 1.165) is 0 Å². The standard InChI is InChI=1S/C11H12BrFO4/c1-6(5-16-2)17-8-4-3-7(11(14)15)9(12)10(8)13/h3-4,6H,5H2,1-2H3,(H,14,15). The van der Waals surface area contributed by atoms with E-state index >= 15 is 0 Å². The minimum atomic E-state index is -1.20. The lowest BCUT2D eigenvalue weighted by molar-refractivity contribution is 0.0694. The summed E-state index contributed by atoms with van der Waals surface area (Å²) in [4.78, 5) is 10.8. The highest BCUT2D eigenvalue weighted by Crippen LogP contribution is 2.29. The zero-order chi connectivity index (χ0) is 13.0. The average Bonchev–Trinajstić information content (AvgIpc) is 2.25. The van der Waals surface area contributed by atoms with Gasteiger partial charge >= 0.3 is 5.97 Å². The van der Waals surface area contributed by atoms with Crippen LogP contribution in [0.15, 0.2) is 16.6 Å². The third-order valence-electron chi connectivity index (χ3n) is 2.01. The molecule has 0 aliphatic rings. The maximum absolute atomic E-state index is 13.7. The molecule has 1 aromatic rings. The van der Waals surface area contributed by atoms with Gasteiger partial charge in [0, 0.05) is 7.11 Å². The molecule has 0 fully saturated rings. The first-order valence-corrected chi connectivity index (χ1v) is 5.63. The third-order valence-corrected chi connectivity index (χ3v) is 2.78. The summed E-state index contributed by atoms with van der Waals surface area (Å²) in [5.74, 6) is -1.94. The van der Waals surface area contributed by atoms with Crippen LogP contribution in [0.25, 0.3) is 0 Å². The molecule has 6 heteroatoms. The van der Waals surface area contributed by atoms with E-state index in [-0.39, 0.29) is 21.9 Å². The van der Waals surface area contributed by atoms with E-state index in [1.807, 2.05) is 0 Å². The Morgan fingerprint density at radius 2 is 2.24 bits per heavy atom. The first-order chi connectivity index (χ1) is 7.97. The molecule has 4 nitrogen and oxygen atoms in total. The highest BCUT2D eigenvalue weighted by molar-refractivity contribution is 9.10. The lowest BCUT2D eigenvalue weighted by Gasteiger charge is -2.15. The summed E-state index contributed by atoms with van der Waals surface area (Å²) < 4.78 is 23.8. The average molecular weight is 307 g/mol. The minimum absolute atomic E-state index is 0.00794. The van der Waals surface area contributed by atoms with Gasteiger partial charge in [-0.1, -0.05) is 0 Å². The number of methoxy groups -OCH3 is 1. The fraction of sp³-hybridized carbons (Fsp3) is 0.364. The van der Waals surface area contributed by atoms with E-state index in [0.29, 0.717) is 6.61 Å². The number of carboxylic acids is 1. The molecule has 17 heavy (non-hydrogen) atoms. The van der Waals surface area contributed by atoms with E-state index < -0.39 is 11.8 Å².